The third-order valence-electron chi connectivity index (χ3n) is 5.29. The van der Waals surface area contributed by atoms with Crippen LogP contribution in [0.2, 0.25) is 0 Å². The number of nitrogens with one attached hydrogen (secondary N) is 2. The largest absolute Gasteiger partial charge is 0.435 e. The molecule has 1 atom stereocenters. The number of fused-ring (bicyclic) bond motifs is 2. The number of hydrogen-bond acceptors (Lipinski definition) is 3. The van der Waals surface area contributed by atoms with Gasteiger partial charge >= 0.3 is 6.61 Å². The number of carbonyl (C=O) groups is 1. The highest BCUT2D eigenvalue weighted by Crippen LogP contribution is 2.26. The summed E-state index contributed by atoms with van der Waals surface area (Å²) in [5.41, 5.74) is 3.93. The SMILES string of the molecule is CC[NH+]1CCc2nc3ccccc3c(C(=O)Nc3ccc(OC(F)F)cc3)c2C1. The van der Waals surface area contributed by atoms with Gasteiger partial charge < -0.3 is 15.0 Å². The monoisotopic (exact) mass is 398 g/mol. The summed E-state index contributed by atoms with van der Waals surface area (Å²) >= 11 is 0. The Balaban J connectivity index is 1.69. The van der Waals surface area contributed by atoms with E-state index in [1.165, 1.54) is 17.0 Å². The summed E-state index contributed by atoms with van der Waals surface area (Å²) in [4.78, 5) is 19.5. The van der Waals surface area contributed by atoms with Crippen LogP contribution in [0.5, 0.6) is 5.75 Å². The molecule has 0 saturated heterocycles. The molecule has 0 radical (unpaired) electrons. The van der Waals surface area contributed by atoms with Gasteiger partial charge in [0.1, 0.15) is 12.3 Å². The van der Waals surface area contributed by atoms with Crippen molar-refractivity contribution in [1.29, 1.82) is 0 Å². The summed E-state index contributed by atoms with van der Waals surface area (Å²) in [6.45, 7) is 2.00. The molecule has 1 aliphatic rings. The van der Waals surface area contributed by atoms with Crippen molar-refractivity contribution < 1.29 is 23.2 Å². The fourth-order valence-corrected chi connectivity index (χ4v) is 3.81. The van der Waals surface area contributed by atoms with E-state index in [1.807, 2.05) is 24.3 Å². The number of alkyl halides is 2. The molecule has 2 aromatic carbocycles. The number of para-hydroxylation sites is 1. The van der Waals surface area contributed by atoms with Crippen molar-refractivity contribution in [1.82, 2.24) is 4.98 Å². The van der Waals surface area contributed by atoms with E-state index in [1.54, 1.807) is 12.1 Å². The van der Waals surface area contributed by atoms with Gasteiger partial charge in [-0.2, -0.15) is 8.78 Å². The summed E-state index contributed by atoms with van der Waals surface area (Å²) in [6.07, 6.45) is 0.837. The molecule has 0 saturated carbocycles. The fraction of sp³-hybridized carbons (Fsp3) is 0.273. The Morgan fingerprint density at radius 3 is 2.69 bits per heavy atom. The number of amides is 1. The molecule has 3 aromatic rings. The van der Waals surface area contributed by atoms with E-state index in [0.717, 1.165) is 48.2 Å². The first-order valence-electron chi connectivity index (χ1n) is 9.65. The molecule has 0 aliphatic carbocycles. The maximum Gasteiger partial charge on any atom is 0.387 e. The minimum absolute atomic E-state index is 0.0481. The number of aromatic nitrogens is 1. The van der Waals surface area contributed by atoms with Crippen molar-refractivity contribution in [3.63, 3.8) is 0 Å². The van der Waals surface area contributed by atoms with E-state index in [9.17, 15) is 13.6 Å². The lowest BCUT2D eigenvalue weighted by Crippen LogP contribution is -3.11. The average Bonchev–Trinajstić information content (AvgIpc) is 2.72. The molecule has 1 unspecified atom stereocenters. The smallest absolute Gasteiger partial charge is 0.387 e. The number of carbonyl (C=O) groups excluding carboxylic acids is 1. The van der Waals surface area contributed by atoms with Gasteiger partial charge in [0.25, 0.3) is 5.91 Å². The van der Waals surface area contributed by atoms with Crippen LogP contribution in [-0.2, 0) is 13.0 Å². The number of halogens is 2. The fourth-order valence-electron chi connectivity index (χ4n) is 3.81. The molecule has 7 heteroatoms. The van der Waals surface area contributed by atoms with Crippen LogP contribution in [-0.4, -0.2) is 30.6 Å². The quantitative estimate of drug-likeness (QED) is 0.695. The molecule has 5 nitrogen and oxygen atoms in total. The van der Waals surface area contributed by atoms with Crippen molar-refractivity contribution >= 4 is 22.5 Å². The van der Waals surface area contributed by atoms with Crippen molar-refractivity contribution in [3.05, 3.63) is 65.4 Å². The second kappa shape index (κ2) is 8.13. The number of likely N-dealkylation sites (N-methyl/N-ethyl adjacent to an activating group) is 1. The highest BCUT2D eigenvalue weighted by atomic mass is 19.3. The Labute approximate surface area is 167 Å². The van der Waals surface area contributed by atoms with E-state index in [-0.39, 0.29) is 11.7 Å². The number of benzene rings is 2. The van der Waals surface area contributed by atoms with Gasteiger partial charge in [0, 0.05) is 23.1 Å². The molecule has 0 spiro atoms. The van der Waals surface area contributed by atoms with Gasteiger partial charge in [0.2, 0.25) is 0 Å². The zero-order chi connectivity index (χ0) is 20.4. The Morgan fingerprint density at radius 1 is 1.21 bits per heavy atom. The lowest BCUT2D eigenvalue weighted by atomic mass is 9.95. The van der Waals surface area contributed by atoms with Crippen LogP contribution in [0.15, 0.2) is 48.5 Å². The maximum absolute atomic E-state index is 13.3. The van der Waals surface area contributed by atoms with Crippen molar-refractivity contribution in [2.45, 2.75) is 26.5 Å². The van der Waals surface area contributed by atoms with E-state index < -0.39 is 6.61 Å². The van der Waals surface area contributed by atoms with Gasteiger partial charge in [0.05, 0.1) is 29.9 Å². The number of pyridine rings is 1. The van der Waals surface area contributed by atoms with Crippen LogP contribution >= 0.6 is 0 Å². The number of ether oxygens (including phenoxy) is 1. The Kier molecular flexibility index (Phi) is 5.40. The third-order valence-corrected chi connectivity index (χ3v) is 5.29. The summed E-state index contributed by atoms with van der Waals surface area (Å²) < 4.78 is 29.0. The first-order valence-corrected chi connectivity index (χ1v) is 9.65. The number of hydrogen-bond donors (Lipinski definition) is 2. The molecule has 2 N–H and O–H groups in total. The van der Waals surface area contributed by atoms with Gasteiger partial charge in [-0.3, -0.25) is 9.78 Å². The first kappa shape index (κ1) is 19.3. The summed E-state index contributed by atoms with van der Waals surface area (Å²) in [5, 5.41) is 3.71. The molecular formula is C22H22F2N3O2+. The topological polar surface area (TPSA) is 55.7 Å². The lowest BCUT2D eigenvalue weighted by Gasteiger charge is -2.26. The van der Waals surface area contributed by atoms with Crippen molar-refractivity contribution in [3.8, 4) is 5.75 Å². The molecule has 1 amide bonds. The molecule has 1 aromatic heterocycles. The van der Waals surface area contributed by atoms with Gasteiger partial charge in [-0.1, -0.05) is 18.2 Å². The van der Waals surface area contributed by atoms with Gasteiger partial charge in [-0.25, -0.2) is 0 Å². The first-order chi connectivity index (χ1) is 14.0. The van der Waals surface area contributed by atoms with Crippen molar-refractivity contribution in [2.24, 2.45) is 0 Å². The second-order valence-corrected chi connectivity index (χ2v) is 7.07. The molecule has 2 heterocycles. The molecule has 0 fully saturated rings. The average molecular weight is 398 g/mol. The molecule has 1 aliphatic heterocycles. The summed E-state index contributed by atoms with van der Waals surface area (Å²) in [7, 11) is 0. The van der Waals surface area contributed by atoms with Gasteiger partial charge in [-0.05, 0) is 37.3 Å². The molecule has 150 valence electrons. The van der Waals surface area contributed by atoms with Crippen LogP contribution in [0.1, 0.15) is 28.5 Å². The third kappa shape index (κ3) is 4.05. The van der Waals surface area contributed by atoms with Crippen LogP contribution in [0, 0.1) is 0 Å². The van der Waals surface area contributed by atoms with Gasteiger partial charge in [0.15, 0.2) is 0 Å². The Bertz CT molecular complexity index is 1040. The Morgan fingerprint density at radius 2 is 1.97 bits per heavy atom. The predicted molar refractivity (Wildman–Crippen MR) is 107 cm³/mol. The van der Waals surface area contributed by atoms with E-state index in [2.05, 4.69) is 17.0 Å². The van der Waals surface area contributed by atoms with Crippen LogP contribution < -0.4 is 15.0 Å². The molecule has 29 heavy (non-hydrogen) atoms. The number of anilines is 1. The number of quaternary nitrogens is 1. The molecular weight excluding hydrogens is 376 g/mol. The predicted octanol–water partition coefficient (Wildman–Crippen LogP) is 3.05. The van der Waals surface area contributed by atoms with E-state index in [0.29, 0.717) is 11.3 Å². The highest BCUT2D eigenvalue weighted by molar-refractivity contribution is 6.13. The van der Waals surface area contributed by atoms with E-state index >= 15 is 0 Å². The Hall–Kier alpha value is -3.06. The second-order valence-electron chi connectivity index (χ2n) is 7.07. The van der Waals surface area contributed by atoms with Gasteiger partial charge in [-0.15, -0.1) is 0 Å². The van der Waals surface area contributed by atoms with Crippen LogP contribution in [0.4, 0.5) is 14.5 Å². The molecule has 4 rings (SSSR count). The summed E-state index contributed by atoms with van der Waals surface area (Å²) in [5.74, 6) is -0.174. The highest BCUT2D eigenvalue weighted by Gasteiger charge is 2.27. The minimum Gasteiger partial charge on any atom is -0.435 e. The lowest BCUT2D eigenvalue weighted by molar-refractivity contribution is -0.914. The standard InChI is InChI=1S/C22H21F2N3O2/c1-2-27-12-11-19-17(13-27)20(16-5-3-4-6-18(16)26-19)21(28)25-14-7-9-15(10-8-14)29-22(23)24/h3-10,22H,2,11-13H2,1H3,(H,25,28)/p+1. The van der Waals surface area contributed by atoms with Crippen LogP contribution in [0.3, 0.4) is 0 Å². The number of rotatable bonds is 5. The minimum atomic E-state index is -2.88. The normalized spacial score (nSPS) is 15.9. The van der Waals surface area contributed by atoms with Crippen LogP contribution in [0.25, 0.3) is 10.9 Å². The summed E-state index contributed by atoms with van der Waals surface area (Å²) in [6, 6.07) is 13.6. The van der Waals surface area contributed by atoms with E-state index in [4.69, 9.17) is 4.98 Å². The zero-order valence-electron chi connectivity index (χ0n) is 16.0. The van der Waals surface area contributed by atoms with Crippen molar-refractivity contribution in [2.75, 3.05) is 18.4 Å². The maximum atomic E-state index is 13.3. The zero-order valence-corrected chi connectivity index (χ0v) is 16.0. The molecule has 0 bridgehead atoms. The number of nitrogens with zero attached hydrogens (tertiary/aromatic N) is 1.